The highest BCUT2D eigenvalue weighted by atomic mass is 32.2. The van der Waals surface area contributed by atoms with Crippen molar-refractivity contribution in [2.75, 3.05) is 0 Å². The second kappa shape index (κ2) is 6.24. The highest BCUT2D eigenvalue weighted by Gasteiger charge is 2.22. The lowest BCUT2D eigenvalue weighted by atomic mass is 10.1. The van der Waals surface area contributed by atoms with Crippen LogP contribution in [-0.4, -0.2) is 4.21 Å². The molecule has 106 valence electrons. The van der Waals surface area contributed by atoms with E-state index >= 15 is 0 Å². The molecule has 3 rings (SSSR count). The van der Waals surface area contributed by atoms with E-state index in [1.54, 1.807) is 0 Å². The maximum absolute atomic E-state index is 12.9. The van der Waals surface area contributed by atoms with Crippen molar-refractivity contribution >= 4 is 10.8 Å². The number of nitriles is 1. The van der Waals surface area contributed by atoms with Gasteiger partial charge in [0, 0.05) is 4.90 Å². The SMILES string of the molecule is N#CCC(c1ccccc1)S(=O)c1ccc2c(c1)CCC2. The summed E-state index contributed by atoms with van der Waals surface area (Å²) in [4.78, 5) is 0.847. The first-order valence-electron chi connectivity index (χ1n) is 7.24. The van der Waals surface area contributed by atoms with Crippen LogP contribution in [0.5, 0.6) is 0 Å². The Hall–Kier alpha value is -1.92. The van der Waals surface area contributed by atoms with Crippen LogP contribution in [0, 0.1) is 11.3 Å². The van der Waals surface area contributed by atoms with Crippen molar-refractivity contribution in [1.82, 2.24) is 0 Å². The Morgan fingerprint density at radius 2 is 1.86 bits per heavy atom. The smallest absolute Gasteiger partial charge is 0.0773 e. The summed E-state index contributed by atoms with van der Waals surface area (Å²) in [6.45, 7) is 0. The van der Waals surface area contributed by atoms with Gasteiger partial charge in [0.1, 0.15) is 0 Å². The van der Waals surface area contributed by atoms with Gasteiger partial charge in [0.25, 0.3) is 0 Å². The number of fused-ring (bicyclic) bond motifs is 1. The first-order chi connectivity index (χ1) is 10.3. The van der Waals surface area contributed by atoms with E-state index in [-0.39, 0.29) is 11.7 Å². The van der Waals surface area contributed by atoms with Gasteiger partial charge in [0.2, 0.25) is 0 Å². The summed E-state index contributed by atoms with van der Waals surface area (Å²) < 4.78 is 12.9. The maximum atomic E-state index is 12.9. The quantitative estimate of drug-likeness (QED) is 0.857. The van der Waals surface area contributed by atoms with Gasteiger partial charge in [-0.2, -0.15) is 5.26 Å². The van der Waals surface area contributed by atoms with Crippen LogP contribution >= 0.6 is 0 Å². The Morgan fingerprint density at radius 1 is 1.10 bits per heavy atom. The molecule has 0 heterocycles. The lowest BCUT2D eigenvalue weighted by Crippen LogP contribution is -2.07. The third-order valence-corrected chi connectivity index (χ3v) is 5.68. The molecule has 2 aromatic rings. The van der Waals surface area contributed by atoms with Gasteiger partial charge in [-0.1, -0.05) is 36.4 Å². The molecule has 0 bridgehead atoms. The molecule has 1 aliphatic carbocycles. The molecule has 1 aliphatic rings. The van der Waals surface area contributed by atoms with Crippen LogP contribution in [0.4, 0.5) is 0 Å². The molecule has 0 spiro atoms. The van der Waals surface area contributed by atoms with Gasteiger partial charge in [-0.25, -0.2) is 0 Å². The van der Waals surface area contributed by atoms with Crippen molar-refractivity contribution in [2.45, 2.75) is 35.8 Å². The van der Waals surface area contributed by atoms with Crippen LogP contribution in [0.15, 0.2) is 53.4 Å². The lowest BCUT2D eigenvalue weighted by Gasteiger charge is -2.15. The minimum Gasteiger partial charge on any atom is -0.254 e. The molecule has 0 radical (unpaired) electrons. The van der Waals surface area contributed by atoms with E-state index in [4.69, 9.17) is 5.26 Å². The predicted molar refractivity (Wildman–Crippen MR) is 84.3 cm³/mol. The zero-order valence-corrected chi connectivity index (χ0v) is 12.6. The largest absolute Gasteiger partial charge is 0.254 e. The van der Waals surface area contributed by atoms with Crippen LogP contribution in [0.1, 0.15) is 34.8 Å². The van der Waals surface area contributed by atoms with Gasteiger partial charge in [0.05, 0.1) is 28.5 Å². The van der Waals surface area contributed by atoms with Crippen molar-refractivity contribution < 1.29 is 4.21 Å². The summed E-state index contributed by atoms with van der Waals surface area (Å²) in [5.74, 6) is 0. The molecule has 3 heteroatoms. The molecule has 2 nitrogen and oxygen atoms in total. The first-order valence-corrected chi connectivity index (χ1v) is 8.45. The van der Waals surface area contributed by atoms with Crippen LogP contribution in [0.2, 0.25) is 0 Å². The molecule has 2 atom stereocenters. The van der Waals surface area contributed by atoms with Crippen molar-refractivity contribution in [2.24, 2.45) is 0 Å². The lowest BCUT2D eigenvalue weighted by molar-refractivity contribution is 0.672. The van der Waals surface area contributed by atoms with Gasteiger partial charge >= 0.3 is 0 Å². The molecule has 0 saturated carbocycles. The summed E-state index contributed by atoms with van der Waals surface area (Å²) in [6.07, 6.45) is 3.66. The minimum atomic E-state index is -1.19. The molecule has 0 aliphatic heterocycles. The monoisotopic (exact) mass is 295 g/mol. The van der Waals surface area contributed by atoms with Gasteiger partial charge in [-0.05, 0) is 48.1 Å². The third-order valence-electron chi connectivity index (χ3n) is 4.01. The van der Waals surface area contributed by atoms with Crippen LogP contribution < -0.4 is 0 Å². The molecular weight excluding hydrogens is 278 g/mol. The summed E-state index contributed by atoms with van der Waals surface area (Å²) in [5, 5.41) is 8.81. The number of benzene rings is 2. The Kier molecular flexibility index (Phi) is 4.17. The van der Waals surface area contributed by atoms with Crippen LogP contribution in [0.3, 0.4) is 0 Å². The molecule has 0 saturated heterocycles. The maximum Gasteiger partial charge on any atom is 0.0773 e. The number of hydrogen-bond acceptors (Lipinski definition) is 2. The van der Waals surface area contributed by atoms with Gasteiger partial charge in [-0.3, -0.25) is 4.21 Å². The summed E-state index contributed by atoms with van der Waals surface area (Å²) in [6, 6.07) is 18.0. The second-order valence-electron chi connectivity index (χ2n) is 5.34. The first kappa shape index (κ1) is 14.0. The predicted octanol–water partition coefficient (Wildman–Crippen LogP) is 3.94. The third kappa shape index (κ3) is 2.91. The van der Waals surface area contributed by atoms with E-state index in [1.807, 2.05) is 36.4 Å². The molecule has 2 aromatic carbocycles. The molecule has 0 fully saturated rings. The molecule has 0 N–H and O–H groups in total. The fraction of sp³-hybridized carbons (Fsp3) is 0.278. The molecule has 0 amide bonds. The highest BCUT2D eigenvalue weighted by Crippen LogP contribution is 2.31. The Bertz CT molecular complexity index is 703. The van der Waals surface area contributed by atoms with Crippen molar-refractivity contribution in [1.29, 1.82) is 5.26 Å². The van der Waals surface area contributed by atoms with E-state index in [0.29, 0.717) is 0 Å². The van der Waals surface area contributed by atoms with E-state index < -0.39 is 10.8 Å². The van der Waals surface area contributed by atoms with E-state index in [1.165, 1.54) is 17.5 Å². The number of rotatable bonds is 4. The topological polar surface area (TPSA) is 40.9 Å². The fourth-order valence-corrected chi connectivity index (χ4v) is 4.32. The Morgan fingerprint density at radius 3 is 2.62 bits per heavy atom. The zero-order chi connectivity index (χ0) is 14.7. The fourth-order valence-electron chi connectivity index (χ4n) is 2.91. The average Bonchev–Trinajstić information content (AvgIpc) is 3.00. The van der Waals surface area contributed by atoms with Gasteiger partial charge < -0.3 is 0 Å². The van der Waals surface area contributed by atoms with Gasteiger partial charge in [0.15, 0.2) is 0 Å². The van der Waals surface area contributed by atoms with Crippen LogP contribution in [0.25, 0.3) is 0 Å². The second-order valence-corrected chi connectivity index (χ2v) is 6.98. The average molecular weight is 295 g/mol. The van der Waals surface area contributed by atoms with E-state index in [2.05, 4.69) is 18.2 Å². The highest BCUT2D eigenvalue weighted by molar-refractivity contribution is 7.85. The molecule has 21 heavy (non-hydrogen) atoms. The van der Waals surface area contributed by atoms with Crippen molar-refractivity contribution in [3.05, 3.63) is 65.2 Å². The number of aryl methyl sites for hydroxylation is 2. The Labute approximate surface area is 127 Å². The number of hydrogen-bond donors (Lipinski definition) is 0. The van der Waals surface area contributed by atoms with Crippen LogP contribution in [-0.2, 0) is 23.6 Å². The standard InChI is InChI=1S/C18H17NOS/c19-12-11-18(15-5-2-1-3-6-15)21(20)17-10-9-14-7-4-8-16(14)13-17/h1-3,5-6,9-10,13,18H,4,7-8,11H2. The van der Waals surface area contributed by atoms with Crippen molar-refractivity contribution in [3.8, 4) is 6.07 Å². The minimum absolute atomic E-state index is 0.254. The summed E-state index contributed by atoms with van der Waals surface area (Å²) >= 11 is 0. The number of nitrogens with zero attached hydrogens (tertiary/aromatic N) is 1. The summed E-state index contributed by atoms with van der Waals surface area (Å²) in [5.41, 5.74) is 3.68. The Balaban J connectivity index is 1.93. The molecule has 0 aromatic heterocycles. The van der Waals surface area contributed by atoms with Crippen molar-refractivity contribution in [3.63, 3.8) is 0 Å². The van der Waals surface area contributed by atoms with Gasteiger partial charge in [-0.15, -0.1) is 0 Å². The van der Waals surface area contributed by atoms with E-state index in [0.717, 1.165) is 23.3 Å². The zero-order valence-electron chi connectivity index (χ0n) is 11.8. The van der Waals surface area contributed by atoms with E-state index in [9.17, 15) is 4.21 Å². The molecular formula is C18H17NOS. The summed E-state index contributed by atoms with van der Waals surface area (Å²) in [7, 11) is -1.19. The normalized spacial score (nSPS) is 16.0. The molecule has 2 unspecified atom stereocenters.